The van der Waals surface area contributed by atoms with Crippen molar-refractivity contribution < 1.29 is 0 Å². The largest absolute Gasteiger partial charge is 0.121 e. The molecule has 0 saturated carbocycles. The lowest BCUT2D eigenvalue weighted by Gasteiger charge is -2.19. The maximum absolute atomic E-state index is 2.39. The lowest BCUT2D eigenvalue weighted by molar-refractivity contribution is 1.32. The van der Waals surface area contributed by atoms with Crippen LogP contribution in [-0.2, 0) is 11.9 Å². The van der Waals surface area contributed by atoms with E-state index in [4.69, 9.17) is 0 Å². The van der Waals surface area contributed by atoms with Crippen molar-refractivity contribution in [1.82, 2.24) is 0 Å². The molecular weight excluding hydrogens is 375 g/mol. The fourth-order valence-corrected chi connectivity index (χ4v) is 6.38. The molecular formula is C26H23PS. The minimum atomic E-state index is -0.399. The van der Waals surface area contributed by atoms with Gasteiger partial charge in [0.15, 0.2) is 0 Å². The van der Waals surface area contributed by atoms with Gasteiger partial charge in [-0.1, -0.05) is 103 Å². The highest BCUT2D eigenvalue weighted by Crippen LogP contribution is 2.38. The Morgan fingerprint density at radius 1 is 0.536 bits per heavy atom. The Hall–Kier alpha value is -2.34. The standard InChI is InChI=1S/C26H23PS/c1-4-13-24(14-5-1)27(25-15-6-2-7-16-25)20-22-11-10-12-23(19-22)21-28-26-17-8-3-9-18-26/h1-19H,20-21H2. The highest BCUT2D eigenvalue weighted by atomic mass is 32.2. The maximum Gasteiger partial charge on any atom is 0.0232 e. The first-order chi connectivity index (χ1) is 13.9. The predicted octanol–water partition coefficient (Wildman–Crippen LogP) is 6.61. The molecule has 2 heteroatoms. The molecule has 0 saturated heterocycles. The van der Waals surface area contributed by atoms with E-state index in [0.717, 1.165) is 11.9 Å². The van der Waals surface area contributed by atoms with Gasteiger partial charge in [0.1, 0.15) is 0 Å². The topological polar surface area (TPSA) is 0 Å². The summed E-state index contributed by atoms with van der Waals surface area (Å²) >= 11 is 1.90. The lowest BCUT2D eigenvalue weighted by Crippen LogP contribution is -2.12. The van der Waals surface area contributed by atoms with Gasteiger partial charge in [0.25, 0.3) is 0 Å². The average molecular weight is 399 g/mol. The molecule has 0 atom stereocenters. The third-order valence-electron chi connectivity index (χ3n) is 4.62. The van der Waals surface area contributed by atoms with Crippen LogP contribution in [0.2, 0.25) is 0 Å². The number of hydrogen-bond donors (Lipinski definition) is 0. The highest BCUT2D eigenvalue weighted by Gasteiger charge is 2.14. The Kier molecular flexibility index (Phi) is 6.60. The Labute approximate surface area is 173 Å². The van der Waals surface area contributed by atoms with E-state index in [2.05, 4.69) is 115 Å². The van der Waals surface area contributed by atoms with E-state index in [1.165, 1.54) is 26.6 Å². The molecule has 0 nitrogen and oxygen atoms in total. The van der Waals surface area contributed by atoms with Gasteiger partial charge < -0.3 is 0 Å². The highest BCUT2D eigenvalue weighted by molar-refractivity contribution is 7.98. The van der Waals surface area contributed by atoms with Gasteiger partial charge in [-0.05, 0) is 41.8 Å². The van der Waals surface area contributed by atoms with Gasteiger partial charge in [-0.3, -0.25) is 0 Å². The molecule has 4 aromatic rings. The van der Waals surface area contributed by atoms with E-state index >= 15 is 0 Å². The summed E-state index contributed by atoms with van der Waals surface area (Å²) in [5, 5.41) is 2.88. The van der Waals surface area contributed by atoms with Crippen molar-refractivity contribution >= 4 is 30.3 Å². The Morgan fingerprint density at radius 2 is 1.07 bits per heavy atom. The van der Waals surface area contributed by atoms with Crippen LogP contribution in [0, 0.1) is 0 Å². The minimum absolute atomic E-state index is 0.399. The van der Waals surface area contributed by atoms with Crippen LogP contribution in [0.3, 0.4) is 0 Å². The van der Waals surface area contributed by atoms with Gasteiger partial charge in [-0.25, -0.2) is 0 Å². The van der Waals surface area contributed by atoms with Gasteiger partial charge in [0.2, 0.25) is 0 Å². The van der Waals surface area contributed by atoms with Crippen LogP contribution in [0.5, 0.6) is 0 Å². The van der Waals surface area contributed by atoms with E-state index in [1.54, 1.807) is 0 Å². The monoisotopic (exact) mass is 398 g/mol. The van der Waals surface area contributed by atoms with E-state index in [1.807, 2.05) is 11.8 Å². The van der Waals surface area contributed by atoms with Crippen molar-refractivity contribution in [2.24, 2.45) is 0 Å². The fourth-order valence-electron chi connectivity index (χ4n) is 3.23. The lowest BCUT2D eigenvalue weighted by atomic mass is 10.2. The molecule has 0 unspecified atom stereocenters. The average Bonchev–Trinajstić information content (AvgIpc) is 2.78. The summed E-state index contributed by atoms with van der Waals surface area (Å²) in [6, 6.07) is 41.6. The minimum Gasteiger partial charge on any atom is -0.121 e. The normalized spacial score (nSPS) is 10.9. The van der Waals surface area contributed by atoms with Crippen molar-refractivity contribution in [2.75, 3.05) is 0 Å². The van der Waals surface area contributed by atoms with E-state index in [0.29, 0.717) is 0 Å². The second-order valence-corrected chi connectivity index (χ2v) is 9.93. The second kappa shape index (κ2) is 9.73. The van der Waals surface area contributed by atoms with Gasteiger partial charge in [-0.2, -0.15) is 0 Å². The first-order valence-corrected chi connectivity index (χ1v) is 12.0. The number of rotatable bonds is 7. The van der Waals surface area contributed by atoms with Gasteiger partial charge in [0.05, 0.1) is 0 Å². The summed E-state index contributed by atoms with van der Waals surface area (Å²) < 4.78 is 0. The van der Waals surface area contributed by atoms with Crippen molar-refractivity contribution in [3.8, 4) is 0 Å². The van der Waals surface area contributed by atoms with Crippen LogP contribution in [0.4, 0.5) is 0 Å². The Bertz CT molecular complexity index is 945. The molecule has 0 N–H and O–H groups in total. The molecule has 28 heavy (non-hydrogen) atoms. The molecule has 0 aliphatic carbocycles. The van der Waals surface area contributed by atoms with Crippen LogP contribution >= 0.6 is 19.7 Å². The summed E-state index contributed by atoms with van der Waals surface area (Å²) in [5.74, 6) is 1.01. The Morgan fingerprint density at radius 3 is 1.68 bits per heavy atom. The predicted molar refractivity (Wildman–Crippen MR) is 125 cm³/mol. The summed E-state index contributed by atoms with van der Waals surface area (Å²) in [4.78, 5) is 1.32. The molecule has 4 rings (SSSR count). The summed E-state index contributed by atoms with van der Waals surface area (Å²) in [7, 11) is -0.399. The zero-order chi connectivity index (χ0) is 19.0. The molecule has 0 radical (unpaired) electrons. The fraction of sp³-hybridized carbons (Fsp3) is 0.0769. The first kappa shape index (κ1) is 19.0. The van der Waals surface area contributed by atoms with E-state index in [9.17, 15) is 0 Å². The zero-order valence-electron chi connectivity index (χ0n) is 15.7. The summed E-state index contributed by atoms with van der Waals surface area (Å²) in [6.07, 6.45) is 1.08. The van der Waals surface area contributed by atoms with Crippen LogP contribution < -0.4 is 10.6 Å². The van der Waals surface area contributed by atoms with Crippen molar-refractivity contribution in [3.05, 3.63) is 126 Å². The molecule has 0 aliphatic rings. The van der Waals surface area contributed by atoms with Gasteiger partial charge in [-0.15, -0.1) is 11.8 Å². The molecule has 0 aliphatic heterocycles. The molecule has 0 heterocycles. The van der Waals surface area contributed by atoms with E-state index in [-0.39, 0.29) is 0 Å². The zero-order valence-corrected chi connectivity index (χ0v) is 17.5. The molecule has 0 amide bonds. The summed E-state index contributed by atoms with van der Waals surface area (Å²) in [5.41, 5.74) is 2.81. The van der Waals surface area contributed by atoms with Gasteiger partial charge in [0, 0.05) is 16.8 Å². The van der Waals surface area contributed by atoms with Crippen molar-refractivity contribution in [2.45, 2.75) is 16.8 Å². The van der Waals surface area contributed by atoms with Crippen LogP contribution in [-0.4, -0.2) is 0 Å². The Balaban J connectivity index is 1.54. The van der Waals surface area contributed by atoms with Crippen LogP contribution in [0.15, 0.2) is 120 Å². The molecule has 138 valence electrons. The number of hydrogen-bond acceptors (Lipinski definition) is 1. The molecule has 0 fully saturated rings. The first-order valence-electron chi connectivity index (χ1n) is 9.52. The van der Waals surface area contributed by atoms with Gasteiger partial charge >= 0.3 is 0 Å². The third-order valence-corrected chi connectivity index (χ3v) is 8.22. The van der Waals surface area contributed by atoms with E-state index < -0.39 is 7.92 Å². The van der Waals surface area contributed by atoms with Crippen LogP contribution in [0.1, 0.15) is 11.1 Å². The second-order valence-electron chi connectivity index (χ2n) is 6.68. The summed E-state index contributed by atoms with van der Waals surface area (Å²) in [6.45, 7) is 0. The SMILES string of the molecule is c1ccc(SCc2cccc(CP(c3ccccc3)c3ccccc3)c2)cc1. The smallest absolute Gasteiger partial charge is 0.0232 e. The quantitative estimate of drug-likeness (QED) is 0.249. The molecule has 4 aromatic carbocycles. The van der Waals surface area contributed by atoms with Crippen LogP contribution in [0.25, 0.3) is 0 Å². The molecule has 0 spiro atoms. The number of thioether (sulfide) groups is 1. The third kappa shape index (κ3) is 5.13. The molecule has 0 aromatic heterocycles. The van der Waals surface area contributed by atoms with Crippen molar-refractivity contribution in [1.29, 1.82) is 0 Å². The number of benzene rings is 4. The maximum atomic E-state index is 2.39. The van der Waals surface area contributed by atoms with Crippen molar-refractivity contribution in [3.63, 3.8) is 0 Å². The molecule has 0 bridgehead atoms.